The number of carbonyl (C=O) groups excluding carboxylic acids is 2. The van der Waals surface area contributed by atoms with Crippen LogP contribution in [0.5, 0.6) is 0 Å². The molecule has 1 heterocycles. The second-order valence-electron chi connectivity index (χ2n) is 5.75. The van der Waals surface area contributed by atoms with Crippen LogP contribution >= 0.6 is 11.8 Å². The van der Waals surface area contributed by atoms with Gasteiger partial charge in [-0.3, -0.25) is 9.79 Å². The molecule has 3 unspecified atom stereocenters. The van der Waals surface area contributed by atoms with E-state index < -0.39 is 23.9 Å². The van der Waals surface area contributed by atoms with E-state index in [2.05, 4.69) is 4.99 Å². The summed E-state index contributed by atoms with van der Waals surface area (Å²) in [6, 6.07) is 5.41. The van der Waals surface area contributed by atoms with Crippen LogP contribution in [-0.4, -0.2) is 29.6 Å². The van der Waals surface area contributed by atoms with Crippen molar-refractivity contribution in [2.24, 2.45) is 22.6 Å². The molecule has 0 saturated heterocycles. The van der Waals surface area contributed by atoms with Crippen LogP contribution in [0.2, 0.25) is 0 Å². The Labute approximate surface area is 150 Å². The van der Waals surface area contributed by atoms with Gasteiger partial charge in [0.2, 0.25) is 0 Å². The quantitative estimate of drug-likeness (QED) is 0.619. The number of Topliss-reactive ketones (excluding diaryl/α,β-unsaturated/α-hetero) is 1. The van der Waals surface area contributed by atoms with Crippen LogP contribution in [0.15, 0.2) is 40.2 Å². The zero-order valence-corrected chi connectivity index (χ0v) is 15.2. The highest BCUT2D eigenvalue weighted by atomic mass is 32.2. The Kier molecular flexibility index (Phi) is 6.50. The summed E-state index contributed by atoms with van der Waals surface area (Å²) in [6.45, 7) is 5.48. The van der Waals surface area contributed by atoms with Crippen molar-refractivity contribution in [3.05, 3.63) is 46.6 Å². The van der Waals surface area contributed by atoms with Crippen LogP contribution in [0, 0.1) is 17.7 Å². The van der Waals surface area contributed by atoms with Crippen molar-refractivity contribution in [3.63, 3.8) is 0 Å². The number of rotatable bonds is 6. The van der Waals surface area contributed by atoms with E-state index in [0.29, 0.717) is 15.5 Å². The van der Waals surface area contributed by atoms with Gasteiger partial charge in [-0.2, -0.15) is 0 Å². The molecule has 25 heavy (non-hydrogen) atoms. The second kappa shape index (κ2) is 8.40. The van der Waals surface area contributed by atoms with Gasteiger partial charge in [0, 0.05) is 17.4 Å². The predicted molar refractivity (Wildman–Crippen MR) is 96.8 cm³/mol. The molecular formula is C18H21FN2O3S. The number of ketones is 1. The van der Waals surface area contributed by atoms with Gasteiger partial charge in [0.05, 0.1) is 22.7 Å². The molecule has 0 bridgehead atoms. The number of thioether (sulfide) groups is 1. The van der Waals surface area contributed by atoms with E-state index >= 15 is 0 Å². The number of hydrogen-bond acceptors (Lipinski definition) is 6. The lowest BCUT2D eigenvalue weighted by Crippen LogP contribution is -2.25. The number of allylic oxidation sites excluding steroid dienone is 1. The molecule has 5 nitrogen and oxygen atoms in total. The third-order valence-corrected chi connectivity index (χ3v) is 4.83. The summed E-state index contributed by atoms with van der Waals surface area (Å²) in [4.78, 5) is 29.5. The van der Waals surface area contributed by atoms with Gasteiger partial charge in [0.25, 0.3) is 0 Å². The summed E-state index contributed by atoms with van der Waals surface area (Å²) < 4.78 is 18.1. The van der Waals surface area contributed by atoms with E-state index in [1.54, 1.807) is 26.8 Å². The van der Waals surface area contributed by atoms with Crippen LogP contribution in [0.1, 0.15) is 31.1 Å². The topological polar surface area (TPSA) is 81.8 Å². The first-order valence-electron chi connectivity index (χ1n) is 8.03. The first kappa shape index (κ1) is 19.3. The normalized spacial score (nSPS) is 20.9. The molecule has 0 aromatic heterocycles. The molecule has 2 N–H and O–H groups in total. The largest absolute Gasteiger partial charge is 0.462 e. The minimum atomic E-state index is -0.470. The van der Waals surface area contributed by atoms with Crippen molar-refractivity contribution in [1.82, 2.24) is 0 Å². The standard InChI is InChI=1S/C18H21FN2O3S/c1-4-24-18(23)15-9-14(17(25-15)21-11(3)20)10(2)16(22)12-5-7-13(19)8-6-12/h5-11,14H,4,20H2,1-3H3/b21-17+. The van der Waals surface area contributed by atoms with Crippen molar-refractivity contribution in [2.75, 3.05) is 6.61 Å². The summed E-state index contributed by atoms with van der Waals surface area (Å²) in [5.74, 6) is -1.82. The van der Waals surface area contributed by atoms with Crippen LogP contribution in [0.4, 0.5) is 4.39 Å². The molecule has 0 spiro atoms. The lowest BCUT2D eigenvalue weighted by atomic mass is 9.87. The molecule has 134 valence electrons. The lowest BCUT2D eigenvalue weighted by molar-refractivity contribution is -0.137. The highest BCUT2D eigenvalue weighted by molar-refractivity contribution is 8.18. The molecule has 1 aromatic carbocycles. The number of nitrogens with zero attached hydrogens (tertiary/aromatic N) is 1. The molecular weight excluding hydrogens is 343 g/mol. The van der Waals surface area contributed by atoms with E-state index in [9.17, 15) is 14.0 Å². The van der Waals surface area contributed by atoms with Crippen LogP contribution in [-0.2, 0) is 9.53 Å². The molecule has 0 radical (unpaired) electrons. The van der Waals surface area contributed by atoms with E-state index in [1.165, 1.54) is 36.0 Å². The second-order valence-corrected chi connectivity index (χ2v) is 6.81. The van der Waals surface area contributed by atoms with Crippen LogP contribution < -0.4 is 5.73 Å². The van der Waals surface area contributed by atoms with Crippen molar-refractivity contribution in [2.45, 2.75) is 26.9 Å². The molecule has 0 aliphatic carbocycles. The predicted octanol–water partition coefficient (Wildman–Crippen LogP) is 3.16. The van der Waals surface area contributed by atoms with Gasteiger partial charge < -0.3 is 10.5 Å². The average molecular weight is 364 g/mol. The Morgan fingerprint density at radius 1 is 1.32 bits per heavy atom. The molecule has 0 fully saturated rings. The Balaban J connectivity index is 2.29. The number of carbonyl (C=O) groups is 2. The lowest BCUT2D eigenvalue weighted by Gasteiger charge is -2.18. The van der Waals surface area contributed by atoms with Gasteiger partial charge in [-0.15, -0.1) is 0 Å². The van der Waals surface area contributed by atoms with Crippen LogP contribution in [0.3, 0.4) is 0 Å². The summed E-state index contributed by atoms with van der Waals surface area (Å²) in [5.41, 5.74) is 6.17. The smallest absolute Gasteiger partial charge is 0.344 e. The third-order valence-electron chi connectivity index (χ3n) is 3.72. The Hall–Kier alpha value is -1.99. The number of ether oxygens (including phenoxy) is 1. The minimum Gasteiger partial charge on any atom is -0.462 e. The number of hydrogen-bond donors (Lipinski definition) is 1. The van der Waals surface area contributed by atoms with Gasteiger partial charge >= 0.3 is 5.97 Å². The number of halogens is 1. The van der Waals surface area contributed by atoms with Gasteiger partial charge in [-0.25, -0.2) is 9.18 Å². The third kappa shape index (κ3) is 4.76. The summed E-state index contributed by atoms with van der Waals surface area (Å²) in [6.07, 6.45) is 1.25. The van der Waals surface area contributed by atoms with Crippen molar-refractivity contribution in [3.8, 4) is 0 Å². The molecule has 1 aliphatic heterocycles. The number of esters is 1. The van der Waals surface area contributed by atoms with E-state index in [1.807, 2.05) is 0 Å². The first-order chi connectivity index (χ1) is 11.8. The van der Waals surface area contributed by atoms with Crippen molar-refractivity contribution >= 4 is 28.6 Å². The van der Waals surface area contributed by atoms with Gasteiger partial charge in [-0.1, -0.05) is 24.8 Å². The zero-order chi connectivity index (χ0) is 18.6. The molecule has 7 heteroatoms. The Morgan fingerprint density at radius 3 is 2.52 bits per heavy atom. The molecule has 0 amide bonds. The average Bonchev–Trinajstić information content (AvgIpc) is 2.97. The Bertz CT molecular complexity index is 714. The SMILES string of the molecule is CCOC(=O)C1=CC(C(C)C(=O)c2ccc(F)cc2)/C(=N\C(C)N)S1. The fourth-order valence-electron chi connectivity index (χ4n) is 2.47. The molecule has 2 rings (SSSR count). The van der Waals surface area contributed by atoms with E-state index in [-0.39, 0.29) is 18.3 Å². The number of nitrogens with two attached hydrogens (primary N) is 1. The monoisotopic (exact) mass is 364 g/mol. The zero-order valence-electron chi connectivity index (χ0n) is 14.4. The van der Waals surface area contributed by atoms with E-state index in [0.717, 1.165) is 0 Å². The number of aliphatic imine (C=N–C) groups is 1. The van der Waals surface area contributed by atoms with Gasteiger partial charge in [0.1, 0.15) is 5.82 Å². The maximum atomic E-state index is 13.1. The first-order valence-corrected chi connectivity index (χ1v) is 8.85. The van der Waals surface area contributed by atoms with E-state index in [4.69, 9.17) is 10.5 Å². The summed E-state index contributed by atoms with van der Waals surface area (Å²) in [7, 11) is 0. The maximum Gasteiger partial charge on any atom is 0.344 e. The highest BCUT2D eigenvalue weighted by Crippen LogP contribution is 2.38. The van der Waals surface area contributed by atoms with Gasteiger partial charge in [0.15, 0.2) is 5.78 Å². The molecule has 1 aromatic rings. The molecule has 1 aliphatic rings. The van der Waals surface area contributed by atoms with Crippen molar-refractivity contribution in [1.29, 1.82) is 0 Å². The maximum absolute atomic E-state index is 13.1. The number of benzene rings is 1. The summed E-state index contributed by atoms with van der Waals surface area (Å²) >= 11 is 1.18. The van der Waals surface area contributed by atoms with Crippen LogP contribution in [0.25, 0.3) is 0 Å². The molecule has 3 atom stereocenters. The van der Waals surface area contributed by atoms with Gasteiger partial charge in [-0.05, 0) is 38.1 Å². The minimum absolute atomic E-state index is 0.149. The van der Waals surface area contributed by atoms with Crippen molar-refractivity contribution < 1.29 is 18.7 Å². The fourth-order valence-corrected chi connectivity index (χ4v) is 3.68. The Morgan fingerprint density at radius 2 is 1.96 bits per heavy atom. The summed E-state index contributed by atoms with van der Waals surface area (Å²) in [5, 5.41) is 0.612. The fraction of sp³-hybridized carbons (Fsp3) is 0.389. The highest BCUT2D eigenvalue weighted by Gasteiger charge is 2.35. The molecule has 0 saturated carbocycles.